The summed E-state index contributed by atoms with van der Waals surface area (Å²) in [6.07, 6.45) is 3.07. The average molecular weight is 445 g/mol. The molecule has 9 heteroatoms. The standard InChI is InChI=1S/C21H20N2O5S2/c1-14-3-7-17(8-4-14)29-21-12-11-16(13-19(21)23(25)26)22(20(21)24)30(27,28)18-9-5-15(2)6-10-18/h3-12,16,19H,13H2,1-2H3/t16-,19+,21-/m0/s1. The van der Waals surface area contributed by atoms with Gasteiger partial charge in [0.2, 0.25) is 6.04 Å². The number of fused-ring (bicyclic) bond motifs is 2. The molecule has 1 fully saturated rings. The van der Waals surface area contributed by atoms with E-state index in [1.54, 1.807) is 30.3 Å². The number of thioether (sulfide) groups is 1. The van der Waals surface area contributed by atoms with E-state index in [2.05, 4.69) is 0 Å². The zero-order chi connectivity index (χ0) is 21.7. The van der Waals surface area contributed by atoms with E-state index >= 15 is 0 Å². The Labute approximate surface area is 179 Å². The number of hydrogen-bond acceptors (Lipinski definition) is 6. The van der Waals surface area contributed by atoms with Gasteiger partial charge in [0.25, 0.3) is 15.9 Å². The van der Waals surface area contributed by atoms with Crippen molar-refractivity contribution < 1.29 is 18.1 Å². The SMILES string of the molecule is Cc1ccc(S[C@@]23C=C[C@@H](C[C@H]2[N+](=O)[O-])N(S(=O)(=O)c2ccc(C)cc2)C3=O)cc1. The lowest BCUT2D eigenvalue weighted by Gasteiger charge is -2.47. The molecule has 2 aromatic carbocycles. The Hall–Kier alpha value is -2.65. The number of nitrogens with zero attached hydrogens (tertiary/aromatic N) is 2. The van der Waals surface area contributed by atoms with Crippen LogP contribution in [0.5, 0.6) is 0 Å². The van der Waals surface area contributed by atoms with Crippen LogP contribution in [0.2, 0.25) is 0 Å². The van der Waals surface area contributed by atoms with E-state index in [1.165, 1.54) is 18.2 Å². The van der Waals surface area contributed by atoms with Gasteiger partial charge in [0.15, 0.2) is 4.75 Å². The van der Waals surface area contributed by atoms with Crippen molar-refractivity contribution in [3.05, 3.63) is 81.9 Å². The minimum Gasteiger partial charge on any atom is -0.271 e. The lowest BCUT2D eigenvalue weighted by molar-refractivity contribution is -0.527. The van der Waals surface area contributed by atoms with Crippen LogP contribution in [0.25, 0.3) is 0 Å². The zero-order valence-corrected chi connectivity index (χ0v) is 18.0. The second kappa shape index (κ2) is 7.24. The van der Waals surface area contributed by atoms with Gasteiger partial charge in [0.05, 0.1) is 10.9 Å². The zero-order valence-electron chi connectivity index (χ0n) is 16.4. The number of aryl methyl sites for hydroxylation is 2. The van der Waals surface area contributed by atoms with Gasteiger partial charge in [-0.25, -0.2) is 12.7 Å². The summed E-state index contributed by atoms with van der Waals surface area (Å²) in [5, 5.41) is 11.8. The van der Waals surface area contributed by atoms with Crippen LogP contribution in [0.15, 0.2) is 70.5 Å². The van der Waals surface area contributed by atoms with Crippen molar-refractivity contribution in [1.29, 1.82) is 0 Å². The molecule has 3 aliphatic rings. The molecule has 2 aromatic rings. The van der Waals surface area contributed by atoms with E-state index in [4.69, 9.17) is 0 Å². The molecule has 5 rings (SSSR count). The highest BCUT2D eigenvalue weighted by molar-refractivity contribution is 8.01. The van der Waals surface area contributed by atoms with Crippen LogP contribution in [0, 0.1) is 24.0 Å². The molecule has 156 valence electrons. The number of rotatable bonds is 5. The lowest BCUT2D eigenvalue weighted by atomic mass is 9.82. The monoisotopic (exact) mass is 444 g/mol. The molecule has 0 spiro atoms. The smallest absolute Gasteiger partial charge is 0.267 e. The number of benzene rings is 2. The summed E-state index contributed by atoms with van der Waals surface area (Å²) < 4.78 is 25.8. The normalized spacial score (nSPS) is 25.5. The van der Waals surface area contributed by atoms with Crippen molar-refractivity contribution >= 4 is 27.7 Å². The molecular weight excluding hydrogens is 424 g/mol. The van der Waals surface area contributed by atoms with Crippen LogP contribution in [0.3, 0.4) is 0 Å². The molecule has 3 atom stereocenters. The average Bonchev–Trinajstić information content (AvgIpc) is 2.70. The highest BCUT2D eigenvalue weighted by Crippen LogP contribution is 2.49. The molecule has 0 radical (unpaired) electrons. The van der Waals surface area contributed by atoms with E-state index in [0.29, 0.717) is 4.90 Å². The minimum atomic E-state index is -4.15. The maximum Gasteiger partial charge on any atom is 0.267 e. The van der Waals surface area contributed by atoms with Gasteiger partial charge >= 0.3 is 0 Å². The first kappa shape index (κ1) is 20.6. The summed E-state index contributed by atoms with van der Waals surface area (Å²) in [4.78, 5) is 25.6. The Kier molecular flexibility index (Phi) is 4.98. The summed E-state index contributed by atoms with van der Waals surface area (Å²) in [7, 11) is -4.15. The van der Waals surface area contributed by atoms with Crippen molar-refractivity contribution in [3.63, 3.8) is 0 Å². The van der Waals surface area contributed by atoms with E-state index in [9.17, 15) is 23.3 Å². The predicted molar refractivity (Wildman–Crippen MR) is 113 cm³/mol. The summed E-state index contributed by atoms with van der Waals surface area (Å²) in [5.41, 5.74) is 1.90. The lowest BCUT2D eigenvalue weighted by Crippen LogP contribution is -2.67. The van der Waals surface area contributed by atoms with E-state index < -0.39 is 37.7 Å². The van der Waals surface area contributed by atoms with Crippen LogP contribution in [0.1, 0.15) is 17.5 Å². The molecule has 0 unspecified atom stereocenters. The Bertz CT molecular complexity index is 1140. The molecule has 2 aliphatic heterocycles. The number of amides is 1. The maximum absolute atomic E-state index is 13.6. The third kappa shape index (κ3) is 3.22. The maximum atomic E-state index is 13.6. The first-order chi connectivity index (χ1) is 14.1. The summed E-state index contributed by atoms with van der Waals surface area (Å²) in [5.74, 6) is -0.769. The number of sulfonamides is 1. The molecule has 7 nitrogen and oxygen atoms in total. The number of carbonyl (C=O) groups is 1. The van der Waals surface area contributed by atoms with Crippen molar-refractivity contribution in [1.82, 2.24) is 4.31 Å². The fraction of sp³-hybridized carbons (Fsp3) is 0.286. The van der Waals surface area contributed by atoms with Crippen molar-refractivity contribution in [2.24, 2.45) is 0 Å². The Morgan fingerprint density at radius 3 is 2.20 bits per heavy atom. The Morgan fingerprint density at radius 2 is 1.63 bits per heavy atom. The molecule has 1 amide bonds. The largest absolute Gasteiger partial charge is 0.271 e. The van der Waals surface area contributed by atoms with Crippen LogP contribution < -0.4 is 0 Å². The minimum absolute atomic E-state index is 0.00413. The fourth-order valence-electron chi connectivity index (χ4n) is 3.86. The first-order valence-corrected chi connectivity index (χ1v) is 11.6. The van der Waals surface area contributed by atoms with Crippen LogP contribution in [0.4, 0.5) is 0 Å². The van der Waals surface area contributed by atoms with Crippen molar-refractivity contribution in [2.75, 3.05) is 0 Å². The number of carbonyl (C=O) groups excluding carboxylic acids is 1. The van der Waals surface area contributed by atoms with E-state index in [1.807, 2.05) is 26.0 Å². The Morgan fingerprint density at radius 1 is 1.07 bits per heavy atom. The van der Waals surface area contributed by atoms with Gasteiger partial charge in [-0.1, -0.05) is 59.3 Å². The van der Waals surface area contributed by atoms with Crippen molar-refractivity contribution in [3.8, 4) is 0 Å². The quantitative estimate of drug-likeness (QED) is 0.399. The van der Waals surface area contributed by atoms with Gasteiger partial charge in [-0.3, -0.25) is 14.9 Å². The third-order valence-electron chi connectivity index (χ3n) is 5.50. The molecular formula is C21H20N2O5S2. The van der Waals surface area contributed by atoms with Crippen LogP contribution in [-0.2, 0) is 14.8 Å². The summed E-state index contributed by atoms with van der Waals surface area (Å²) in [6.45, 7) is 3.75. The van der Waals surface area contributed by atoms with Crippen molar-refractivity contribution in [2.45, 2.75) is 46.9 Å². The Balaban J connectivity index is 1.79. The molecule has 1 aliphatic carbocycles. The predicted octanol–water partition coefficient (Wildman–Crippen LogP) is 3.34. The fourth-order valence-corrected chi connectivity index (χ4v) is 6.82. The van der Waals surface area contributed by atoms with E-state index in [0.717, 1.165) is 27.2 Å². The second-order valence-corrected chi connectivity index (χ2v) is 10.8. The molecule has 0 N–H and O–H groups in total. The molecule has 0 saturated carbocycles. The summed E-state index contributed by atoms with van der Waals surface area (Å²) in [6, 6.07) is 11.4. The van der Waals surface area contributed by atoms with Crippen LogP contribution >= 0.6 is 11.8 Å². The van der Waals surface area contributed by atoms with Gasteiger partial charge in [-0.2, -0.15) is 0 Å². The second-order valence-electron chi connectivity index (χ2n) is 7.59. The van der Waals surface area contributed by atoms with Gasteiger partial charge in [-0.05, 0) is 38.1 Å². The van der Waals surface area contributed by atoms with Gasteiger partial charge in [0.1, 0.15) is 0 Å². The number of nitro groups is 1. The molecule has 30 heavy (non-hydrogen) atoms. The first-order valence-electron chi connectivity index (χ1n) is 9.39. The topological polar surface area (TPSA) is 97.6 Å². The number of piperidine rings is 1. The van der Waals surface area contributed by atoms with Crippen LogP contribution in [-0.4, -0.2) is 40.4 Å². The summed E-state index contributed by atoms with van der Waals surface area (Å²) >= 11 is 1.04. The van der Waals surface area contributed by atoms with Gasteiger partial charge < -0.3 is 0 Å². The highest BCUT2D eigenvalue weighted by Gasteiger charge is 2.64. The van der Waals surface area contributed by atoms with Gasteiger partial charge in [-0.15, -0.1) is 0 Å². The third-order valence-corrected chi connectivity index (χ3v) is 8.75. The highest BCUT2D eigenvalue weighted by atomic mass is 32.2. The van der Waals surface area contributed by atoms with E-state index in [-0.39, 0.29) is 11.3 Å². The molecule has 2 heterocycles. The molecule has 1 saturated heterocycles. The van der Waals surface area contributed by atoms with Gasteiger partial charge in [0, 0.05) is 16.2 Å². The molecule has 0 aromatic heterocycles. The molecule has 2 bridgehead atoms. The number of hydrogen-bond donors (Lipinski definition) is 0.